The largest absolute Gasteiger partial charge is 0.486 e. The van der Waals surface area contributed by atoms with E-state index in [1.54, 1.807) is 11.3 Å². The van der Waals surface area contributed by atoms with Gasteiger partial charge in [0.15, 0.2) is 11.5 Å². The zero-order valence-corrected chi connectivity index (χ0v) is 15.6. The molecular formula is C20H24N2O3S. The molecule has 0 bridgehead atoms. The third-order valence-electron chi connectivity index (χ3n) is 5.29. The molecule has 2 fully saturated rings. The molecule has 3 heterocycles. The van der Waals surface area contributed by atoms with Gasteiger partial charge in [-0.2, -0.15) is 0 Å². The van der Waals surface area contributed by atoms with E-state index in [1.165, 1.54) is 23.3 Å². The van der Waals surface area contributed by atoms with Crippen LogP contribution in [0.15, 0.2) is 24.4 Å². The minimum Gasteiger partial charge on any atom is -0.486 e. The molecule has 0 radical (unpaired) electrons. The third-order valence-corrected chi connectivity index (χ3v) is 6.38. The van der Waals surface area contributed by atoms with Crippen molar-refractivity contribution in [2.75, 3.05) is 19.8 Å². The fourth-order valence-electron chi connectivity index (χ4n) is 3.78. The lowest BCUT2D eigenvalue weighted by molar-refractivity contribution is 0.111. The molecule has 0 amide bonds. The molecule has 26 heavy (non-hydrogen) atoms. The number of benzene rings is 1. The van der Waals surface area contributed by atoms with E-state index in [0.717, 1.165) is 42.5 Å². The molecule has 0 unspecified atom stereocenters. The summed E-state index contributed by atoms with van der Waals surface area (Å²) in [7, 11) is 0. The highest BCUT2D eigenvalue weighted by Gasteiger charge is 2.33. The van der Waals surface area contributed by atoms with Crippen molar-refractivity contribution >= 4 is 11.3 Å². The number of hydrogen-bond donors (Lipinski definition) is 1. The summed E-state index contributed by atoms with van der Waals surface area (Å²) in [6.45, 7) is 2.98. The van der Waals surface area contributed by atoms with Crippen LogP contribution < -0.4 is 14.8 Å². The number of aromatic nitrogens is 1. The monoisotopic (exact) mass is 372 g/mol. The van der Waals surface area contributed by atoms with Crippen LogP contribution in [-0.2, 0) is 11.3 Å². The third kappa shape index (κ3) is 3.46. The number of hydrogen-bond acceptors (Lipinski definition) is 6. The van der Waals surface area contributed by atoms with Crippen molar-refractivity contribution in [3.05, 3.63) is 39.8 Å². The van der Waals surface area contributed by atoms with Gasteiger partial charge in [0.05, 0.1) is 0 Å². The molecule has 1 saturated heterocycles. The molecule has 6 heteroatoms. The maximum absolute atomic E-state index is 5.76. The number of fused-ring (bicyclic) bond motifs is 1. The number of ether oxygens (including phenoxy) is 3. The van der Waals surface area contributed by atoms with E-state index >= 15 is 0 Å². The Hall–Kier alpha value is -1.63. The summed E-state index contributed by atoms with van der Waals surface area (Å²) in [6.07, 6.45) is 7.04. The van der Waals surface area contributed by atoms with Crippen molar-refractivity contribution in [1.82, 2.24) is 10.3 Å². The van der Waals surface area contributed by atoms with E-state index in [4.69, 9.17) is 14.2 Å². The summed E-state index contributed by atoms with van der Waals surface area (Å²) >= 11 is 1.78. The van der Waals surface area contributed by atoms with E-state index in [-0.39, 0.29) is 6.10 Å². The van der Waals surface area contributed by atoms with Gasteiger partial charge >= 0.3 is 0 Å². The van der Waals surface area contributed by atoms with E-state index < -0.39 is 0 Å². The summed E-state index contributed by atoms with van der Waals surface area (Å²) in [6, 6.07) is 6.73. The second kappa shape index (κ2) is 7.18. The molecule has 5 nitrogen and oxygen atoms in total. The summed E-state index contributed by atoms with van der Waals surface area (Å²) in [5.74, 6) is 2.45. The quantitative estimate of drug-likeness (QED) is 0.830. The molecular weight excluding hydrogens is 348 g/mol. The lowest BCUT2D eigenvalue weighted by Crippen LogP contribution is -2.23. The fraction of sp³-hybridized carbons (Fsp3) is 0.550. The Kier molecular flexibility index (Phi) is 4.56. The number of rotatable bonds is 6. The van der Waals surface area contributed by atoms with Gasteiger partial charge in [0.25, 0.3) is 0 Å². The van der Waals surface area contributed by atoms with Crippen LogP contribution in [-0.4, -0.2) is 24.8 Å². The molecule has 2 aliphatic heterocycles. The fourth-order valence-corrected chi connectivity index (χ4v) is 4.73. The summed E-state index contributed by atoms with van der Waals surface area (Å²) in [5, 5.41) is 4.88. The average Bonchev–Trinajstić information content (AvgIpc) is 3.17. The highest BCUT2D eigenvalue weighted by Crippen LogP contribution is 2.43. The van der Waals surface area contributed by atoms with Gasteiger partial charge in [-0.1, -0.05) is 6.07 Å². The van der Waals surface area contributed by atoms with E-state index in [2.05, 4.69) is 22.4 Å². The molecule has 1 N–H and O–H groups in total. The van der Waals surface area contributed by atoms with Crippen LogP contribution >= 0.6 is 11.3 Å². The zero-order valence-electron chi connectivity index (χ0n) is 14.8. The van der Waals surface area contributed by atoms with Gasteiger partial charge in [0, 0.05) is 30.3 Å². The summed E-state index contributed by atoms with van der Waals surface area (Å²) in [5.41, 5.74) is 1.29. The molecule has 2 atom stereocenters. The lowest BCUT2D eigenvalue weighted by Gasteiger charge is -2.23. The highest BCUT2D eigenvalue weighted by molar-refractivity contribution is 7.11. The predicted molar refractivity (Wildman–Crippen MR) is 99.8 cm³/mol. The number of thiazole rings is 1. The van der Waals surface area contributed by atoms with Gasteiger partial charge in [-0.3, -0.25) is 0 Å². The van der Waals surface area contributed by atoms with Crippen LogP contribution in [0.3, 0.4) is 0 Å². The van der Waals surface area contributed by atoms with Crippen LogP contribution in [0.1, 0.15) is 53.3 Å². The van der Waals surface area contributed by atoms with Crippen molar-refractivity contribution in [3.63, 3.8) is 0 Å². The van der Waals surface area contributed by atoms with Gasteiger partial charge in [-0.25, -0.2) is 4.98 Å². The van der Waals surface area contributed by atoms with Crippen molar-refractivity contribution < 1.29 is 14.2 Å². The minimum absolute atomic E-state index is 0.214. The highest BCUT2D eigenvalue weighted by atomic mass is 32.1. The molecule has 1 aliphatic carbocycles. The standard InChI is InChI=1S/C20H24N2O3S/c1-2-17(23-7-1)20-22-12-15(26-20)11-21-19(13-3-4-13)14-5-6-16-18(10-14)25-9-8-24-16/h5-6,10,12-13,17,19,21H,1-4,7-9,11H2/t17-,19-/m1/s1. The Morgan fingerprint density at radius 3 is 2.81 bits per heavy atom. The van der Waals surface area contributed by atoms with E-state index in [0.29, 0.717) is 25.2 Å². The molecule has 2 aromatic rings. The molecule has 5 rings (SSSR count). The molecule has 1 saturated carbocycles. The molecule has 0 spiro atoms. The van der Waals surface area contributed by atoms with Gasteiger partial charge < -0.3 is 19.5 Å². The predicted octanol–water partition coefficient (Wildman–Crippen LogP) is 4.01. The normalized spacial score (nSPS) is 23.2. The van der Waals surface area contributed by atoms with Gasteiger partial charge in [0.2, 0.25) is 0 Å². The Labute approximate surface area is 157 Å². The first kappa shape index (κ1) is 16.5. The van der Waals surface area contributed by atoms with Gasteiger partial charge in [0.1, 0.15) is 24.3 Å². The lowest BCUT2D eigenvalue weighted by atomic mass is 10.0. The summed E-state index contributed by atoms with van der Waals surface area (Å²) < 4.78 is 17.2. The Morgan fingerprint density at radius 2 is 2.00 bits per heavy atom. The Bertz CT molecular complexity index is 768. The van der Waals surface area contributed by atoms with Crippen molar-refractivity contribution in [3.8, 4) is 11.5 Å². The smallest absolute Gasteiger partial charge is 0.161 e. The van der Waals surface area contributed by atoms with Gasteiger partial charge in [-0.05, 0) is 49.3 Å². The second-order valence-corrected chi connectivity index (χ2v) is 8.41. The maximum Gasteiger partial charge on any atom is 0.161 e. The van der Waals surface area contributed by atoms with Crippen molar-refractivity contribution in [2.24, 2.45) is 5.92 Å². The number of nitrogens with zero attached hydrogens (tertiary/aromatic N) is 1. The number of nitrogens with one attached hydrogen (secondary N) is 1. The van der Waals surface area contributed by atoms with Crippen LogP contribution in [0, 0.1) is 5.92 Å². The minimum atomic E-state index is 0.214. The molecule has 3 aliphatic rings. The molecule has 138 valence electrons. The SMILES string of the molecule is c1cc2c(cc1[C@H](NCc1cnc([C@H]3CCCO3)s1)C1CC1)OCCO2. The first-order valence-corrected chi connectivity index (χ1v) is 10.4. The Morgan fingerprint density at radius 1 is 1.12 bits per heavy atom. The average molecular weight is 372 g/mol. The summed E-state index contributed by atoms with van der Waals surface area (Å²) in [4.78, 5) is 5.86. The second-order valence-electron chi connectivity index (χ2n) is 7.27. The topological polar surface area (TPSA) is 52.6 Å². The van der Waals surface area contributed by atoms with E-state index in [1.807, 2.05) is 12.3 Å². The van der Waals surface area contributed by atoms with Crippen LogP contribution in [0.4, 0.5) is 0 Å². The van der Waals surface area contributed by atoms with Crippen molar-refractivity contribution in [1.29, 1.82) is 0 Å². The first-order chi connectivity index (χ1) is 12.9. The Balaban J connectivity index is 1.28. The van der Waals surface area contributed by atoms with Crippen LogP contribution in [0.25, 0.3) is 0 Å². The molecule has 1 aromatic heterocycles. The van der Waals surface area contributed by atoms with Crippen LogP contribution in [0.5, 0.6) is 11.5 Å². The maximum atomic E-state index is 5.76. The zero-order chi connectivity index (χ0) is 17.3. The molecule has 1 aromatic carbocycles. The van der Waals surface area contributed by atoms with Crippen molar-refractivity contribution in [2.45, 2.75) is 44.4 Å². The van der Waals surface area contributed by atoms with Crippen LogP contribution in [0.2, 0.25) is 0 Å². The first-order valence-electron chi connectivity index (χ1n) is 9.56. The van der Waals surface area contributed by atoms with E-state index in [9.17, 15) is 0 Å². The van der Waals surface area contributed by atoms with Gasteiger partial charge in [-0.15, -0.1) is 11.3 Å².